The minimum absolute atomic E-state index is 0.0357. The Morgan fingerprint density at radius 1 is 0.973 bits per heavy atom. The first kappa shape index (κ1) is 24.8. The maximum absolute atomic E-state index is 13.9. The van der Waals surface area contributed by atoms with Gasteiger partial charge < -0.3 is 26.2 Å². The van der Waals surface area contributed by atoms with Gasteiger partial charge in [-0.3, -0.25) is 14.4 Å². The SMILES string of the molecule is C[C@@]12Cc3c(CCc4ccccc4)ccc(O)c3C(=O)C1=C(O)[C@]1(O)C(=O)C(C(N)=O)=C(O)C[C@]1(C)C2. The second-order valence-electron chi connectivity index (χ2n) is 11.0. The summed E-state index contributed by atoms with van der Waals surface area (Å²) in [7, 11) is 0. The summed E-state index contributed by atoms with van der Waals surface area (Å²) in [5.41, 5.74) is 1.96. The van der Waals surface area contributed by atoms with Gasteiger partial charge in [0.15, 0.2) is 11.4 Å². The molecule has 0 heterocycles. The lowest BCUT2D eigenvalue weighted by Crippen LogP contribution is -2.64. The van der Waals surface area contributed by atoms with E-state index in [-0.39, 0.29) is 36.1 Å². The lowest BCUT2D eigenvalue weighted by Gasteiger charge is -2.55. The average molecular weight is 504 g/mol. The number of hydrogen-bond acceptors (Lipinski definition) is 7. The van der Waals surface area contributed by atoms with Gasteiger partial charge in [-0.25, -0.2) is 0 Å². The summed E-state index contributed by atoms with van der Waals surface area (Å²) < 4.78 is 0. The van der Waals surface area contributed by atoms with Crippen molar-refractivity contribution in [2.45, 2.75) is 51.6 Å². The van der Waals surface area contributed by atoms with Crippen LogP contribution in [0.2, 0.25) is 0 Å². The molecular formula is C29H29NO7. The number of benzene rings is 2. The van der Waals surface area contributed by atoms with Crippen molar-refractivity contribution in [1.29, 1.82) is 0 Å². The number of nitrogens with two attached hydrogens (primary N) is 1. The van der Waals surface area contributed by atoms with E-state index in [4.69, 9.17) is 5.73 Å². The summed E-state index contributed by atoms with van der Waals surface area (Å²) in [4.78, 5) is 39.1. The number of allylic oxidation sites excluding steroid dienone is 2. The highest BCUT2D eigenvalue weighted by molar-refractivity contribution is 6.25. The molecular weight excluding hydrogens is 474 g/mol. The topological polar surface area (TPSA) is 158 Å². The highest BCUT2D eigenvalue weighted by atomic mass is 16.3. The van der Waals surface area contributed by atoms with Gasteiger partial charge in [0.1, 0.15) is 22.8 Å². The number of hydrogen-bond donors (Lipinski definition) is 5. The third-order valence-electron chi connectivity index (χ3n) is 8.42. The molecule has 0 spiro atoms. The molecule has 0 unspecified atom stereocenters. The largest absolute Gasteiger partial charge is 0.511 e. The zero-order valence-electron chi connectivity index (χ0n) is 20.7. The molecule has 3 aliphatic carbocycles. The summed E-state index contributed by atoms with van der Waals surface area (Å²) in [6.07, 6.45) is 1.36. The summed E-state index contributed by atoms with van der Waals surface area (Å²) in [6.45, 7) is 3.31. The number of phenols is 1. The van der Waals surface area contributed by atoms with Crippen molar-refractivity contribution in [2.75, 3.05) is 0 Å². The summed E-state index contributed by atoms with van der Waals surface area (Å²) in [5.74, 6) is -4.81. The molecule has 2 aromatic carbocycles. The van der Waals surface area contributed by atoms with E-state index < -0.39 is 51.0 Å². The predicted octanol–water partition coefficient (Wildman–Crippen LogP) is 3.15. The molecule has 6 N–H and O–H groups in total. The lowest BCUT2D eigenvalue weighted by atomic mass is 9.48. The first-order valence-corrected chi connectivity index (χ1v) is 12.2. The van der Waals surface area contributed by atoms with Crippen LogP contribution in [0.15, 0.2) is 65.1 Å². The molecule has 0 radical (unpaired) electrons. The first-order valence-electron chi connectivity index (χ1n) is 12.2. The number of aliphatic hydroxyl groups excluding tert-OH is 2. The summed E-state index contributed by atoms with van der Waals surface area (Å²) >= 11 is 0. The molecule has 0 aromatic heterocycles. The monoisotopic (exact) mass is 503 g/mol. The third-order valence-corrected chi connectivity index (χ3v) is 8.42. The number of primary amides is 1. The lowest BCUT2D eigenvalue weighted by molar-refractivity contribution is -0.159. The molecule has 8 nitrogen and oxygen atoms in total. The Balaban J connectivity index is 1.65. The molecule has 37 heavy (non-hydrogen) atoms. The normalized spacial score (nSPS) is 29.1. The van der Waals surface area contributed by atoms with Crippen molar-refractivity contribution in [2.24, 2.45) is 16.6 Å². The molecule has 0 saturated carbocycles. The first-order chi connectivity index (χ1) is 17.3. The number of fused-ring (bicyclic) bond motifs is 3. The zero-order valence-corrected chi connectivity index (χ0v) is 20.7. The quantitative estimate of drug-likeness (QED) is 0.401. The molecule has 1 amide bonds. The van der Waals surface area contributed by atoms with Gasteiger partial charge in [0.05, 0.1) is 5.56 Å². The second kappa shape index (κ2) is 8.05. The van der Waals surface area contributed by atoms with Gasteiger partial charge in [-0.05, 0) is 48.4 Å². The fourth-order valence-corrected chi connectivity index (χ4v) is 6.77. The van der Waals surface area contributed by atoms with Gasteiger partial charge >= 0.3 is 0 Å². The van der Waals surface area contributed by atoms with Crippen LogP contribution in [0.25, 0.3) is 0 Å². The van der Waals surface area contributed by atoms with Crippen molar-refractivity contribution in [3.8, 4) is 5.75 Å². The van der Waals surface area contributed by atoms with Gasteiger partial charge in [0.25, 0.3) is 5.91 Å². The molecule has 0 bridgehead atoms. The Bertz CT molecular complexity index is 1440. The third kappa shape index (κ3) is 3.35. The fourth-order valence-electron chi connectivity index (χ4n) is 6.77. The number of ketones is 2. The molecule has 2 aromatic rings. The van der Waals surface area contributed by atoms with E-state index in [0.717, 1.165) is 17.5 Å². The van der Waals surface area contributed by atoms with Crippen LogP contribution in [-0.2, 0) is 28.9 Å². The van der Waals surface area contributed by atoms with Crippen LogP contribution >= 0.6 is 0 Å². The number of aromatic hydroxyl groups is 1. The van der Waals surface area contributed by atoms with E-state index in [1.807, 2.05) is 30.3 Å². The van der Waals surface area contributed by atoms with Crippen LogP contribution in [0.5, 0.6) is 5.75 Å². The molecule has 0 saturated heterocycles. The van der Waals surface area contributed by atoms with Gasteiger partial charge in [-0.2, -0.15) is 0 Å². The van der Waals surface area contributed by atoms with E-state index in [2.05, 4.69) is 0 Å². The van der Waals surface area contributed by atoms with Crippen LogP contribution < -0.4 is 5.73 Å². The highest BCUT2D eigenvalue weighted by Gasteiger charge is 2.67. The average Bonchev–Trinajstić information content (AvgIpc) is 2.81. The minimum atomic E-state index is -2.63. The van der Waals surface area contributed by atoms with Gasteiger partial charge in [0.2, 0.25) is 5.78 Å². The smallest absolute Gasteiger partial charge is 0.255 e. The summed E-state index contributed by atoms with van der Waals surface area (Å²) in [5, 5.41) is 44.3. The molecule has 0 aliphatic heterocycles. The maximum atomic E-state index is 13.9. The Morgan fingerprint density at radius 3 is 2.30 bits per heavy atom. The molecule has 3 aliphatic rings. The Morgan fingerprint density at radius 2 is 1.65 bits per heavy atom. The van der Waals surface area contributed by atoms with E-state index in [9.17, 15) is 34.8 Å². The van der Waals surface area contributed by atoms with E-state index >= 15 is 0 Å². The van der Waals surface area contributed by atoms with E-state index in [1.165, 1.54) is 13.0 Å². The number of aryl methyl sites for hydroxylation is 2. The number of amides is 1. The standard InChI is InChI=1S/C29H29NO7/c1-27-12-17-16(9-8-15-6-4-3-5-7-15)10-11-18(31)20(17)23(33)22(27)25(35)29(37)24(34)21(26(30)36)19(32)13-28(29,2)14-27/h3-7,10-11,31-32,35,37H,8-9,12-14H2,1-2H3,(H2,30,36)/t27-,28+,29+/m0/s1. The van der Waals surface area contributed by atoms with E-state index in [0.29, 0.717) is 12.0 Å². The van der Waals surface area contributed by atoms with Gasteiger partial charge in [-0.15, -0.1) is 0 Å². The van der Waals surface area contributed by atoms with Gasteiger partial charge in [-0.1, -0.05) is 50.2 Å². The highest BCUT2D eigenvalue weighted by Crippen LogP contribution is 2.62. The molecule has 0 fully saturated rings. The molecule has 192 valence electrons. The number of carbonyl (C=O) groups is 3. The number of carbonyl (C=O) groups excluding carboxylic acids is 3. The predicted molar refractivity (Wildman–Crippen MR) is 134 cm³/mol. The summed E-state index contributed by atoms with van der Waals surface area (Å²) in [6, 6.07) is 13.1. The number of Topliss-reactive ketones (excluding diaryl/α,β-unsaturated/α-hetero) is 2. The van der Waals surface area contributed by atoms with E-state index in [1.54, 1.807) is 13.0 Å². The Kier molecular flexibility index (Phi) is 5.39. The van der Waals surface area contributed by atoms with Crippen molar-refractivity contribution in [3.63, 3.8) is 0 Å². The molecule has 5 rings (SSSR count). The van der Waals surface area contributed by atoms with Crippen molar-refractivity contribution >= 4 is 17.5 Å². The van der Waals surface area contributed by atoms with Crippen LogP contribution in [0, 0.1) is 10.8 Å². The minimum Gasteiger partial charge on any atom is -0.511 e. The van der Waals surface area contributed by atoms with Gasteiger partial charge in [0, 0.05) is 22.8 Å². The van der Waals surface area contributed by atoms with Crippen LogP contribution in [-0.4, -0.2) is 43.5 Å². The number of aliphatic hydroxyl groups is 3. The van der Waals surface area contributed by atoms with Crippen molar-refractivity contribution in [3.05, 3.63) is 87.4 Å². The van der Waals surface area contributed by atoms with Crippen LogP contribution in [0.3, 0.4) is 0 Å². The van der Waals surface area contributed by atoms with Crippen molar-refractivity contribution < 1.29 is 34.8 Å². The second-order valence-corrected chi connectivity index (χ2v) is 11.0. The Labute approximate surface area is 213 Å². The number of rotatable bonds is 4. The molecule has 3 atom stereocenters. The Hall–Kier alpha value is -3.91. The maximum Gasteiger partial charge on any atom is 0.255 e. The molecule has 8 heteroatoms. The zero-order chi connectivity index (χ0) is 26.9. The number of phenolic OH excluding ortho intramolecular Hbond substituents is 1. The fraction of sp³-hybridized carbons (Fsp3) is 0.345. The van der Waals surface area contributed by atoms with Crippen LogP contribution in [0.1, 0.15) is 53.7 Å². The van der Waals surface area contributed by atoms with Crippen LogP contribution in [0.4, 0.5) is 0 Å². The van der Waals surface area contributed by atoms with Crippen molar-refractivity contribution in [1.82, 2.24) is 0 Å².